The van der Waals surface area contributed by atoms with E-state index in [2.05, 4.69) is 4.98 Å². The summed E-state index contributed by atoms with van der Waals surface area (Å²) >= 11 is 6.41. The van der Waals surface area contributed by atoms with Crippen LogP contribution in [0.2, 0.25) is 0 Å². The maximum Gasteiger partial charge on any atom is 0.263 e. The fraction of sp³-hybridized carbons (Fsp3) is 0.133. The Bertz CT molecular complexity index is 881. The van der Waals surface area contributed by atoms with E-state index in [9.17, 15) is 4.79 Å². The Morgan fingerprint density at radius 2 is 2.10 bits per heavy atom. The highest BCUT2D eigenvalue weighted by Gasteiger charge is 2.16. The molecule has 6 heteroatoms. The van der Waals surface area contributed by atoms with Crippen LogP contribution in [0.1, 0.15) is 4.88 Å². The zero-order chi connectivity index (χ0) is 15.0. The Morgan fingerprint density at radius 1 is 1.38 bits per heavy atom. The third-order valence-electron chi connectivity index (χ3n) is 3.24. The number of rotatable bonds is 3. The van der Waals surface area contributed by atoms with E-state index >= 15 is 0 Å². The number of hydrogen-bond acceptors (Lipinski definition) is 4. The van der Waals surface area contributed by atoms with Crippen LogP contribution in [0.5, 0.6) is 0 Å². The van der Waals surface area contributed by atoms with E-state index in [4.69, 9.17) is 18.0 Å². The smallest absolute Gasteiger partial charge is 0.263 e. The number of hydrogen-bond donors (Lipinski definition) is 1. The summed E-state index contributed by atoms with van der Waals surface area (Å²) in [7, 11) is 0. The van der Waals surface area contributed by atoms with Crippen molar-refractivity contribution >= 4 is 38.8 Å². The maximum absolute atomic E-state index is 12.7. The van der Waals surface area contributed by atoms with E-state index in [0.717, 1.165) is 20.8 Å². The summed E-state index contributed by atoms with van der Waals surface area (Å²) in [6.45, 7) is 2.21. The van der Waals surface area contributed by atoms with Gasteiger partial charge >= 0.3 is 0 Å². The second-order valence-electron chi connectivity index (χ2n) is 4.72. The van der Waals surface area contributed by atoms with Crippen LogP contribution in [-0.4, -0.2) is 14.5 Å². The zero-order valence-electron chi connectivity index (χ0n) is 11.4. The summed E-state index contributed by atoms with van der Waals surface area (Å²) in [5.41, 5.74) is 7.41. The Hall–Kier alpha value is -2.05. The molecule has 0 radical (unpaired) electrons. The van der Waals surface area contributed by atoms with Crippen LogP contribution in [-0.2, 0) is 6.54 Å². The molecule has 2 heterocycles. The highest BCUT2D eigenvalue weighted by atomic mass is 32.1. The van der Waals surface area contributed by atoms with Gasteiger partial charge < -0.3 is 5.73 Å². The van der Waals surface area contributed by atoms with Gasteiger partial charge in [-0.2, -0.15) is 0 Å². The molecule has 2 aromatic heterocycles. The molecule has 0 saturated carbocycles. The molecule has 3 rings (SSSR count). The van der Waals surface area contributed by atoms with Gasteiger partial charge in [-0.1, -0.05) is 42.5 Å². The van der Waals surface area contributed by atoms with Crippen LogP contribution in [0.3, 0.4) is 0 Å². The van der Waals surface area contributed by atoms with Crippen molar-refractivity contribution in [2.75, 3.05) is 0 Å². The van der Waals surface area contributed by atoms with Gasteiger partial charge in [0.2, 0.25) is 0 Å². The normalized spacial score (nSPS) is 10.9. The molecule has 0 atom stereocenters. The first-order valence-corrected chi connectivity index (χ1v) is 7.62. The molecule has 1 aromatic carbocycles. The fourth-order valence-electron chi connectivity index (χ4n) is 2.37. The number of nitrogens with two attached hydrogens (primary N) is 1. The molecular formula is C15H13N3OS2. The Kier molecular flexibility index (Phi) is 3.57. The van der Waals surface area contributed by atoms with E-state index in [1.165, 1.54) is 22.2 Å². The average Bonchev–Trinajstić information content (AvgIpc) is 2.79. The molecule has 0 bridgehead atoms. The van der Waals surface area contributed by atoms with Crippen molar-refractivity contribution in [1.82, 2.24) is 9.55 Å². The molecule has 0 fully saturated rings. The highest BCUT2D eigenvalue weighted by Crippen LogP contribution is 2.35. The van der Waals surface area contributed by atoms with Gasteiger partial charge in [-0.05, 0) is 12.5 Å². The SMILES string of the molecule is Cc1sc2ncn(CC(N)=S)c(=O)c2c1-c1ccccc1. The molecule has 3 aromatic rings. The highest BCUT2D eigenvalue weighted by molar-refractivity contribution is 7.80. The molecule has 106 valence electrons. The van der Waals surface area contributed by atoms with Gasteiger partial charge in [0.25, 0.3) is 5.56 Å². The minimum Gasteiger partial charge on any atom is -0.392 e. The second-order valence-corrected chi connectivity index (χ2v) is 6.45. The molecule has 21 heavy (non-hydrogen) atoms. The largest absolute Gasteiger partial charge is 0.392 e. The first kappa shape index (κ1) is 13.9. The van der Waals surface area contributed by atoms with E-state index < -0.39 is 0 Å². The molecule has 4 nitrogen and oxygen atoms in total. The van der Waals surface area contributed by atoms with E-state index in [-0.39, 0.29) is 17.1 Å². The maximum atomic E-state index is 12.7. The second kappa shape index (κ2) is 5.38. The van der Waals surface area contributed by atoms with Crippen LogP contribution >= 0.6 is 23.6 Å². The van der Waals surface area contributed by atoms with E-state index in [1.54, 1.807) is 0 Å². The Morgan fingerprint density at radius 3 is 2.76 bits per heavy atom. The molecule has 0 unspecified atom stereocenters. The Balaban J connectivity index is 2.32. The van der Waals surface area contributed by atoms with Gasteiger partial charge in [-0.15, -0.1) is 11.3 Å². The summed E-state index contributed by atoms with van der Waals surface area (Å²) < 4.78 is 1.46. The van der Waals surface area contributed by atoms with Crippen molar-refractivity contribution in [3.05, 3.63) is 51.9 Å². The van der Waals surface area contributed by atoms with Crippen molar-refractivity contribution in [3.63, 3.8) is 0 Å². The molecule has 0 spiro atoms. The number of aromatic nitrogens is 2. The zero-order valence-corrected chi connectivity index (χ0v) is 13.0. The molecule has 0 aliphatic carbocycles. The number of fused-ring (bicyclic) bond motifs is 1. The van der Waals surface area contributed by atoms with E-state index in [0.29, 0.717) is 5.39 Å². The van der Waals surface area contributed by atoms with Crippen LogP contribution in [0.25, 0.3) is 21.3 Å². The summed E-state index contributed by atoms with van der Waals surface area (Å²) in [4.78, 5) is 19.1. The number of thiophene rings is 1. The van der Waals surface area contributed by atoms with Gasteiger partial charge in [0.1, 0.15) is 4.83 Å². The van der Waals surface area contributed by atoms with Crippen LogP contribution in [0.4, 0.5) is 0 Å². The quantitative estimate of drug-likeness (QED) is 0.755. The van der Waals surface area contributed by atoms with Crippen LogP contribution in [0.15, 0.2) is 41.5 Å². The lowest BCUT2D eigenvalue weighted by atomic mass is 10.0. The van der Waals surface area contributed by atoms with Gasteiger partial charge in [0.05, 0.1) is 23.2 Å². The van der Waals surface area contributed by atoms with Gasteiger partial charge in [-0.25, -0.2) is 4.98 Å². The predicted octanol–water partition coefficient (Wildman–Crippen LogP) is 2.72. The van der Waals surface area contributed by atoms with Gasteiger partial charge in [0.15, 0.2) is 0 Å². The van der Waals surface area contributed by atoms with Crippen molar-refractivity contribution < 1.29 is 0 Å². The number of thiocarbonyl (C=S) groups is 1. The minimum absolute atomic E-state index is 0.101. The Labute approximate surface area is 130 Å². The predicted molar refractivity (Wildman–Crippen MR) is 90.8 cm³/mol. The van der Waals surface area contributed by atoms with Gasteiger partial charge in [-0.3, -0.25) is 9.36 Å². The summed E-state index contributed by atoms with van der Waals surface area (Å²) in [6.07, 6.45) is 1.51. The molecule has 0 saturated heterocycles. The average molecular weight is 315 g/mol. The third-order valence-corrected chi connectivity index (χ3v) is 4.39. The molecular weight excluding hydrogens is 302 g/mol. The summed E-state index contributed by atoms with van der Waals surface area (Å²) in [5.74, 6) is 0. The lowest BCUT2D eigenvalue weighted by Crippen LogP contribution is -2.27. The summed E-state index contributed by atoms with van der Waals surface area (Å²) in [6, 6.07) is 9.87. The van der Waals surface area contributed by atoms with Crippen molar-refractivity contribution in [3.8, 4) is 11.1 Å². The standard InChI is InChI=1S/C15H13N3OS2/c1-9-12(10-5-3-2-4-6-10)13-14(21-9)17-8-18(15(13)19)7-11(16)20/h2-6,8H,7H2,1H3,(H2,16,20). The van der Waals surface area contributed by atoms with E-state index in [1.807, 2.05) is 37.3 Å². The van der Waals surface area contributed by atoms with Crippen molar-refractivity contribution in [2.24, 2.45) is 5.73 Å². The monoisotopic (exact) mass is 315 g/mol. The molecule has 0 aliphatic rings. The number of nitrogens with zero attached hydrogens (tertiary/aromatic N) is 2. The van der Waals surface area contributed by atoms with Crippen LogP contribution < -0.4 is 11.3 Å². The summed E-state index contributed by atoms with van der Waals surface area (Å²) in [5, 5.41) is 0.641. The lowest BCUT2D eigenvalue weighted by molar-refractivity contribution is 0.796. The first-order chi connectivity index (χ1) is 10.1. The fourth-order valence-corrected chi connectivity index (χ4v) is 3.51. The number of aryl methyl sites for hydroxylation is 1. The van der Waals surface area contributed by atoms with Crippen molar-refractivity contribution in [1.29, 1.82) is 0 Å². The molecule has 0 amide bonds. The van der Waals surface area contributed by atoms with Crippen LogP contribution in [0, 0.1) is 6.92 Å². The lowest BCUT2D eigenvalue weighted by Gasteiger charge is -2.05. The van der Waals surface area contributed by atoms with Gasteiger partial charge in [0, 0.05) is 10.4 Å². The molecule has 0 aliphatic heterocycles. The van der Waals surface area contributed by atoms with Crippen molar-refractivity contribution in [2.45, 2.75) is 13.5 Å². The first-order valence-electron chi connectivity index (χ1n) is 6.40. The number of benzene rings is 1. The molecule has 2 N–H and O–H groups in total. The third kappa shape index (κ3) is 2.48. The minimum atomic E-state index is -0.101. The topological polar surface area (TPSA) is 60.9 Å².